The summed E-state index contributed by atoms with van der Waals surface area (Å²) in [6.45, 7) is 0.474. The van der Waals surface area contributed by atoms with Crippen molar-refractivity contribution >= 4 is 27.5 Å². The number of rotatable bonds is 4. The largest absolute Gasteiger partial charge is 0.457 e. The molecule has 0 saturated carbocycles. The molecule has 0 atom stereocenters. The van der Waals surface area contributed by atoms with Crippen molar-refractivity contribution in [2.45, 2.75) is 6.54 Å². The maximum atomic E-state index is 12.9. The van der Waals surface area contributed by atoms with Gasteiger partial charge >= 0.3 is 0 Å². The van der Waals surface area contributed by atoms with Gasteiger partial charge in [0.2, 0.25) is 6.79 Å². The number of carbonyl (C=O) groups excluding carboxylic acids is 1. The van der Waals surface area contributed by atoms with Gasteiger partial charge in [-0.15, -0.1) is 6.42 Å². The highest BCUT2D eigenvalue weighted by Crippen LogP contribution is 2.37. The second kappa shape index (κ2) is 8.01. The van der Waals surface area contributed by atoms with Crippen molar-refractivity contribution in [3.63, 3.8) is 0 Å². The molecular formula is C24H16N2O4S. The van der Waals surface area contributed by atoms with Crippen molar-refractivity contribution in [3.05, 3.63) is 77.1 Å². The molecular weight excluding hydrogens is 412 g/mol. The minimum atomic E-state index is -0.379. The third kappa shape index (κ3) is 3.77. The average Bonchev–Trinajstić information content (AvgIpc) is 3.37. The summed E-state index contributed by atoms with van der Waals surface area (Å²) < 4.78 is 19.5. The highest BCUT2D eigenvalue weighted by molar-refractivity contribution is 7.16. The molecule has 0 bridgehead atoms. The first-order valence-corrected chi connectivity index (χ1v) is 10.3. The van der Waals surface area contributed by atoms with Gasteiger partial charge in [0.15, 0.2) is 16.3 Å². The number of para-hydroxylation sites is 1. The van der Waals surface area contributed by atoms with Crippen molar-refractivity contribution in [2.75, 3.05) is 6.79 Å². The summed E-state index contributed by atoms with van der Waals surface area (Å²) >= 11 is 1.37. The Bertz CT molecular complexity index is 1400. The van der Waals surface area contributed by atoms with E-state index in [9.17, 15) is 4.79 Å². The molecule has 0 fully saturated rings. The Morgan fingerprint density at radius 2 is 1.84 bits per heavy atom. The van der Waals surface area contributed by atoms with Gasteiger partial charge in [0.25, 0.3) is 5.91 Å². The molecule has 1 aliphatic heterocycles. The normalized spacial score (nSPS) is 12.7. The summed E-state index contributed by atoms with van der Waals surface area (Å²) in [6, 6.07) is 20.1. The van der Waals surface area contributed by atoms with Crippen LogP contribution in [0.4, 0.5) is 0 Å². The van der Waals surface area contributed by atoms with Gasteiger partial charge in [0.05, 0.1) is 16.8 Å². The van der Waals surface area contributed by atoms with Crippen molar-refractivity contribution < 1.29 is 19.0 Å². The maximum Gasteiger partial charge on any atom is 0.279 e. The SMILES string of the molecule is C#CCn1c(=NC(=O)c2cccc(Oc3ccccc3)c2)sc2cc3c(cc21)OCO3. The highest BCUT2D eigenvalue weighted by atomic mass is 32.1. The molecule has 0 spiro atoms. The number of nitrogens with zero attached hydrogens (tertiary/aromatic N) is 2. The van der Waals surface area contributed by atoms with Crippen LogP contribution in [0.3, 0.4) is 0 Å². The van der Waals surface area contributed by atoms with Gasteiger partial charge in [-0.25, -0.2) is 0 Å². The summed E-state index contributed by atoms with van der Waals surface area (Å²) in [6.07, 6.45) is 5.56. The Morgan fingerprint density at radius 1 is 1.06 bits per heavy atom. The standard InChI is InChI=1S/C24H16N2O4S/c1-2-11-26-19-13-20-21(29-15-28-20)14-22(19)31-24(26)25-23(27)16-7-6-10-18(12-16)30-17-8-4-3-5-9-17/h1,3-10,12-14H,11,15H2. The van der Waals surface area contributed by atoms with E-state index in [0.29, 0.717) is 33.4 Å². The molecule has 0 unspecified atom stereocenters. The lowest BCUT2D eigenvalue weighted by Gasteiger charge is -2.06. The molecule has 152 valence electrons. The Hall–Kier alpha value is -4.02. The average molecular weight is 428 g/mol. The van der Waals surface area contributed by atoms with Gasteiger partial charge in [-0.1, -0.05) is 41.5 Å². The zero-order chi connectivity index (χ0) is 21.2. The van der Waals surface area contributed by atoms with E-state index in [0.717, 1.165) is 10.2 Å². The number of hydrogen-bond acceptors (Lipinski definition) is 5. The fraction of sp³-hybridized carbons (Fsp3) is 0.0833. The van der Waals surface area contributed by atoms with Crippen LogP contribution in [-0.4, -0.2) is 17.3 Å². The smallest absolute Gasteiger partial charge is 0.279 e. The van der Waals surface area contributed by atoms with E-state index in [1.807, 2.05) is 47.0 Å². The number of terminal acetylenes is 1. The molecule has 0 radical (unpaired) electrons. The van der Waals surface area contributed by atoms with Crippen LogP contribution in [0.5, 0.6) is 23.0 Å². The van der Waals surface area contributed by atoms with Crippen LogP contribution in [0.15, 0.2) is 71.7 Å². The van der Waals surface area contributed by atoms with E-state index >= 15 is 0 Å². The molecule has 1 aromatic heterocycles. The van der Waals surface area contributed by atoms with E-state index in [2.05, 4.69) is 10.9 Å². The van der Waals surface area contributed by atoms with Crippen molar-refractivity contribution in [1.82, 2.24) is 4.57 Å². The molecule has 0 saturated heterocycles. The number of thiazole rings is 1. The monoisotopic (exact) mass is 428 g/mol. The van der Waals surface area contributed by atoms with Crippen LogP contribution in [0.1, 0.15) is 10.4 Å². The quantitative estimate of drug-likeness (QED) is 0.446. The number of fused-ring (bicyclic) bond motifs is 2. The van der Waals surface area contributed by atoms with Crippen LogP contribution in [-0.2, 0) is 6.54 Å². The number of carbonyl (C=O) groups is 1. The molecule has 2 heterocycles. The van der Waals surface area contributed by atoms with E-state index in [4.69, 9.17) is 20.6 Å². The van der Waals surface area contributed by atoms with Gasteiger partial charge in [-0.3, -0.25) is 4.79 Å². The molecule has 0 aliphatic carbocycles. The van der Waals surface area contributed by atoms with Crippen LogP contribution in [0.25, 0.3) is 10.2 Å². The minimum absolute atomic E-state index is 0.193. The molecule has 1 amide bonds. The molecule has 5 rings (SSSR count). The van der Waals surface area contributed by atoms with Crippen LogP contribution >= 0.6 is 11.3 Å². The van der Waals surface area contributed by atoms with E-state index in [-0.39, 0.29) is 19.2 Å². The maximum absolute atomic E-state index is 12.9. The Labute approximate surface area is 182 Å². The zero-order valence-electron chi connectivity index (χ0n) is 16.3. The van der Waals surface area contributed by atoms with Crippen molar-refractivity contribution in [3.8, 4) is 35.3 Å². The molecule has 0 N–H and O–H groups in total. The molecule has 7 heteroatoms. The molecule has 3 aromatic carbocycles. The lowest BCUT2D eigenvalue weighted by atomic mass is 10.2. The highest BCUT2D eigenvalue weighted by Gasteiger charge is 2.18. The van der Waals surface area contributed by atoms with Crippen LogP contribution in [0, 0.1) is 12.3 Å². The second-order valence-electron chi connectivity index (χ2n) is 6.71. The van der Waals surface area contributed by atoms with Gasteiger partial charge in [-0.05, 0) is 30.3 Å². The van der Waals surface area contributed by atoms with E-state index < -0.39 is 0 Å². The number of ether oxygens (including phenoxy) is 3. The van der Waals surface area contributed by atoms with Crippen molar-refractivity contribution in [1.29, 1.82) is 0 Å². The molecule has 31 heavy (non-hydrogen) atoms. The fourth-order valence-corrected chi connectivity index (χ4v) is 4.30. The first-order valence-electron chi connectivity index (χ1n) is 9.50. The molecule has 6 nitrogen and oxygen atoms in total. The predicted octanol–water partition coefficient (Wildman–Crippen LogP) is 4.60. The summed E-state index contributed by atoms with van der Waals surface area (Å²) in [4.78, 5) is 17.8. The zero-order valence-corrected chi connectivity index (χ0v) is 17.1. The lowest BCUT2D eigenvalue weighted by Crippen LogP contribution is -2.16. The summed E-state index contributed by atoms with van der Waals surface area (Å²) in [5, 5.41) is 0. The first-order chi connectivity index (χ1) is 15.2. The Balaban J connectivity index is 1.52. The van der Waals surface area contributed by atoms with E-state index in [1.54, 1.807) is 24.3 Å². The van der Waals surface area contributed by atoms with Gasteiger partial charge < -0.3 is 18.8 Å². The summed E-state index contributed by atoms with van der Waals surface area (Å²) in [7, 11) is 0. The molecule has 1 aliphatic rings. The number of aromatic nitrogens is 1. The predicted molar refractivity (Wildman–Crippen MR) is 118 cm³/mol. The van der Waals surface area contributed by atoms with Crippen LogP contribution in [0.2, 0.25) is 0 Å². The summed E-state index contributed by atoms with van der Waals surface area (Å²) in [5.74, 6) is 4.82. The second-order valence-corrected chi connectivity index (χ2v) is 7.72. The molecule has 4 aromatic rings. The van der Waals surface area contributed by atoms with Gasteiger partial charge in [0, 0.05) is 17.7 Å². The summed E-state index contributed by atoms with van der Waals surface area (Å²) in [5.41, 5.74) is 1.27. The topological polar surface area (TPSA) is 62.1 Å². The Kier molecular flexibility index (Phi) is 4.90. The number of hydrogen-bond donors (Lipinski definition) is 0. The number of amides is 1. The van der Waals surface area contributed by atoms with Crippen molar-refractivity contribution in [2.24, 2.45) is 4.99 Å². The number of benzene rings is 3. The third-order valence-corrected chi connectivity index (χ3v) is 5.72. The van der Waals surface area contributed by atoms with E-state index in [1.165, 1.54) is 11.3 Å². The first kappa shape index (κ1) is 19.0. The minimum Gasteiger partial charge on any atom is -0.457 e. The van der Waals surface area contributed by atoms with Crippen LogP contribution < -0.4 is 19.0 Å². The lowest BCUT2D eigenvalue weighted by molar-refractivity contribution is 0.0997. The Morgan fingerprint density at radius 3 is 2.65 bits per heavy atom. The van der Waals surface area contributed by atoms with Gasteiger partial charge in [-0.2, -0.15) is 4.99 Å². The fourth-order valence-electron chi connectivity index (χ4n) is 3.26. The van der Waals surface area contributed by atoms with Gasteiger partial charge in [0.1, 0.15) is 11.5 Å². The third-order valence-electron chi connectivity index (χ3n) is 4.68.